The Morgan fingerprint density at radius 1 is 1.43 bits per heavy atom. The van der Waals surface area contributed by atoms with Crippen molar-refractivity contribution in [1.29, 1.82) is 0 Å². The van der Waals surface area contributed by atoms with Crippen molar-refractivity contribution in [3.05, 3.63) is 5.89 Å². The van der Waals surface area contributed by atoms with E-state index in [1.165, 1.54) is 0 Å². The molecule has 1 aliphatic rings. The summed E-state index contributed by atoms with van der Waals surface area (Å²) in [7, 11) is 0. The average Bonchev–Trinajstić information content (AvgIpc) is 2.68. The summed E-state index contributed by atoms with van der Waals surface area (Å²) < 4.78 is 5.58. The monoisotopic (exact) mass is 213 g/mol. The molecule has 0 bridgehead atoms. The van der Waals surface area contributed by atoms with Gasteiger partial charge in [-0.1, -0.05) is 18.7 Å². The molecule has 0 unspecified atom stereocenters. The third-order valence-electron chi connectivity index (χ3n) is 2.38. The summed E-state index contributed by atoms with van der Waals surface area (Å²) in [6, 6.07) is 0. The van der Waals surface area contributed by atoms with E-state index >= 15 is 0 Å². The van der Waals surface area contributed by atoms with Crippen molar-refractivity contribution < 1.29 is 4.42 Å². The van der Waals surface area contributed by atoms with Gasteiger partial charge in [-0.3, -0.25) is 0 Å². The van der Waals surface area contributed by atoms with E-state index in [1.54, 1.807) is 11.8 Å². The number of hydrogen-bond donors (Lipinski definition) is 1. The number of thioether (sulfide) groups is 1. The maximum atomic E-state index is 5.58. The van der Waals surface area contributed by atoms with E-state index in [-0.39, 0.29) is 0 Å². The van der Waals surface area contributed by atoms with E-state index in [0.29, 0.717) is 11.1 Å². The summed E-state index contributed by atoms with van der Waals surface area (Å²) in [5, 5.41) is 12.1. The third kappa shape index (κ3) is 2.27. The van der Waals surface area contributed by atoms with Crippen LogP contribution in [-0.4, -0.2) is 29.0 Å². The summed E-state index contributed by atoms with van der Waals surface area (Å²) in [6.45, 7) is 4.20. The fraction of sp³-hybridized carbons (Fsp3) is 0.778. The molecule has 1 fully saturated rings. The molecule has 14 heavy (non-hydrogen) atoms. The summed E-state index contributed by atoms with van der Waals surface area (Å²) in [5.74, 6) is 2.27. The Labute approximate surface area is 87.9 Å². The van der Waals surface area contributed by atoms with Gasteiger partial charge in [-0.25, -0.2) is 0 Å². The molecule has 1 saturated heterocycles. The highest BCUT2D eigenvalue weighted by Crippen LogP contribution is 2.26. The van der Waals surface area contributed by atoms with Crippen LogP contribution in [0.3, 0.4) is 0 Å². The third-order valence-corrected chi connectivity index (χ3v) is 3.08. The van der Waals surface area contributed by atoms with E-state index in [9.17, 15) is 0 Å². The van der Waals surface area contributed by atoms with Crippen molar-refractivity contribution >= 4 is 11.8 Å². The summed E-state index contributed by atoms with van der Waals surface area (Å²) >= 11 is 1.60. The Kier molecular flexibility index (Phi) is 3.42. The van der Waals surface area contributed by atoms with Crippen LogP contribution in [0.1, 0.15) is 31.6 Å². The first kappa shape index (κ1) is 9.98. The zero-order valence-corrected chi connectivity index (χ0v) is 9.14. The number of nitrogens with one attached hydrogen (secondary N) is 1. The van der Waals surface area contributed by atoms with Crippen LogP contribution in [-0.2, 0) is 0 Å². The second-order valence-corrected chi connectivity index (χ2v) is 4.58. The number of aromatic nitrogens is 2. The second-order valence-electron chi connectivity index (χ2n) is 3.36. The first-order valence-corrected chi connectivity index (χ1v) is 6.05. The van der Waals surface area contributed by atoms with E-state index in [1.807, 2.05) is 0 Å². The van der Waals surface area contributed by atoms with Gasteiger partial charge in [-0.15, -0.1) is 10.2 Å². The summed E-state index contributed by atoms with van der Waals surface area (Å²) in [4.78, 5) is 0. The quantitative estimate of drug-likeness (QED) is 0.774. The SMILES string of the molecule is CCSc1nnc(C2CCNCC2)o1. The summed E-state index contributed by atoms with van der Waals surface area (Å²) in [5.41, 5.74) is 0. The van der Waals surface area contributed by atoms with Crippen LogP contribution in [0.4, 0.5) is 0 Å². The molecule has 1 aromatic rings. The molecule has 0 amide bonds. The smallest absolute Gasteiger partial charge is 0.276 e. The van der Waals surface area contributed by atoms with Crippen LogP contribution < -0.4 is 5.32 Å². The van der Waals surface area contributed by atoms with Crippen molar-refractivity contribution in [3.8, 4) is 0 Å². The largest absolute Gasteiger partial charge is 0.416 e. The van der Waals surface area contributed by atoms with Crippen molar-refractivity contribution in [1.82, 2.24) is 15.5 Å². The number of nitrogens with zero attached hydrogens (tertiary/aromatic N) is 2. The van der Waals surface area contributed by atoms with Crippen LogP contribution in [0.5, 0.6) is 0 Å². The van der Waals surface area contributed by atoms with Gasteiger partial charge in [0.1, 0.15) is 0 Å². The topological polar surface area (TPSA) is 51.0 Å². The Bertz CT molecular complexity index is 283. The van der Waals surface area contributed by atoms with Crippen molar-refractivity contribution in [2.45, 2.75) is 30.9 Å². The van der Waals surface area contributed by atoms with E-state index in [2.05, 4.69) is 22.4 Å². The maximum Gasteiger partial charge on any atom is 0.276 e. The zero-order chi connectivity index (χ0) is 9.80. The molecule has 1 N–H and O–H groups in total. The molecule has 0 saturated carbocycles. The molecule has 0 aromatic carbocycles. The van der Waals surface area contributed by atoms with Crippen LogP contribution >= 0.6 is 11.8 Å². The number of piperidine rings is 1. The van der Waals surface area contributed by atoms with Gasteiger partial charge in [0.15, 0.2) is 0 Å². The lowest BCUT2D eigenvalue weighted by molar-refractivity contribution is 0.342. The number of hydrogen-bond acceptors (Lipinski definition) is 5. The predicted octanol–water partition coefficient (Wildman–Crippen LogP) is 1.65. The minimum absolute atomic E-state index is 0.468. The van der Waals surface area contributed by atoms with Gasteiger partial charge in [0, 0.05) is 5.92 Å². The normalized spacial score (nSPS) is 18.6. The van der Waals surface area contributed by atoms with Crippen molar-refractivity contribution in [2.75, 3.05) is 18.8 Å². The lowest BCUT2D eigenvalue weighted by Gasteiger charge is -2.18. The van der Waals surface area contributed by atoms with Gasteiger partial charge >= 0.3 is 0 Å². The average molecular weight is 213 g/mol. The zero-order valence-electron chi connectivity index (χ0n) is 8.32. The molecule has 5 heteroatoms. The van der Waals surface area contributed by atoms with Crippen LogP contribution in [0, 0.1) is 0 Å². The standard InChI is InChI=1S/C9H15N3OS/c1-2-14-9-12-11-8(13-9)7-3-5-10-6-4-7/h7,10H,2-6H2,1H3. The molecule has 2 heterocycles. The minimum Gasteiger partial charge on any atom is -0.416 e. The minimum atomic E-state index is 0.468. The second kappa shape index (κ2) is 4.79. The lowest BCUT2D eigenvalue weighted by Crippen LogP contribution is -2.26. The first-order valence-electron chi connectivity index (χ1n) is 5.07. The molecule has 0 radical (unpaired) electrons. The molecular weight excluding hydrogens is 198 g/mol. The van der Waals surface area contributed by atoms with Gasteiger partial charge in [-0.2, -0.15) is 0 Å². The molecule has 1 aliphatic heterocycles. The van der Waals surface area contributed by atoms with Crippen LogP contribution in [0.2, 0.25) is 0 Å². The molecule has 4 nitrogen and oxygen atoms in total. The molecule has 0 atom stereocenters. The van der Waals surface area contributed by atoms with Gasteiger partial charge in [0.25, 0.3) is 5.22 Å². The van der Waals surface area contributed by atoms with Crippen molar-refractivity contribution in [3.63, 3.8) is 0 Å². The molecule has 0 aliphatic carbocycles. The predicted molar refractivity (Wildman–Crippen MR) is 55.5 cm³/mol. The number of rotatable bonds is 3. The highest BCUT2D eigenvalue weighted by atomic mass is 32.2. The first-order chi connectivity index (χ1) is 6.90. The molecule has 1 aromatic heterocycles. The highest BCUT2D eigenvalue weighted by molar-refractivity contribution is 7.99. The fourth-order valence-electron chi connectivity index (χ4n) is 1.64. The van der Waals surface area contributed by atoms with Gasteiger partial charge < -0.3 is 9.73 Å². The molecule has 2 rings (SSSR count). The van der Waals surface area contributed by atoms with Crippen LogP contribution in [0.25, 0.3) is 0 Å². The van der Waals surface area contributed by atoms with Crippen molar-refractivity contribution in [2.24, 2.45) is 0 Å². The maximum absolute atomic E-state index is 5.58. The van der Waals surface area contributed by atoms with Gasteiger partial charge in [0.2, 0.25) is 5.89 Å². The van der Waals surface area contributed by atoms with E-state index < -0.39 is 0 Å². The van der Waals surface area contributed by atoms with E-state index in [4.69, 9.17) is 4.42 Å². The Morgan fingerprint density at radius 3 is 2.93 bits per heavy atom. The summed E-state index contributed by atoms with van der Waals surface area (Å²) in [6.07, 6.45) is 2.22. The lowest BCUT2D eigenvalue weighted by atomic mass is 9.98. The molecule has 0 spiro atoms. The molecule has 78 valence electrons. The van der Waals surface area contributed by atoms with Gasteiger partial charge in [-0.05, 0) is 31.7 Å². The Morgan fingerprint density at radius 2 is 2.21 bits per heavy atom. The Balaban J connectivity index is 2.00. The van der Waals surface area contributed by atoms with Crippen LogP contribution in [0.15, 0.2) is 9.64 Å². The highest BCUT2D eigenvalue weighted by Gasteiger charge is 2.20. The van der Waals surface area contributed by atoms with Gasteiger partial charge in [0.05, 0.1) is 0 Å². The fourth-order valence-corrected chi connectivity index (χ4v) is 2.13. The van der Waals surface area contributed by atoms with E-state index in [0.717, 1.165) is 37.6 Å². The molecular formula is C9H15N3OS. The Hall–Kier alpha value is -0.550.